The Morgan fingerprint density at radius 1 is 1.44 bits per heavy atom. The summed E-state index contributed by atoms with van der Waals surface area (Å²) in [7, 11) is 0. The first kappa shape index (κ1) is 4.54. The second-order valence-electron chi connectivity index (χ2n) is 3.16. The highest BCUT2D eigenvalue weighted by Crippen LogP contribution is 2.37. The van der Waals surface area contributed by atoms with Crippen LogP contribution in [0, 0.1) is 5.92 Å². The molecular formula is C9H14. The van der Waals surface area contributed by atoms with Crippen molar-refractivity contribution in [1.29, 1.82) is 0 Å². The van der Waals surface area contributed by atoms with E-state index >= 15 is 0 Å². The minimum absolute atomic E-state index is 0.137. The molecule has 0 aromatic heterocycles. The van der Waals surface area contributed by atoms with Crippen LogP contribution in [0.3, 0.4) is 0 Å². The summed E-state index contributed by atoms with van der Waals surface area (Å²) in [5, 5.41) is 0. The van der Waals surface area contributed by atoms with E-state index in [9.17, 15) is 0 Å². The molecule has 1 fully saturated rings. The van der Waals surface area contributed by atoms with Crippen molar-refractivity contribution >= 4 is 0 Å². The molecule has 0 aliphatic heterocycles. The van der Waals surface area contributed by atoms with Crippen molar-refractivity contribution in [2.75, 3.05) is 0 Å². The van der Waals surface area contributed by atoms with E-state index < -0.39 is 0 Å². The summed E-state index contributed by atoms with van der Waals surface area (Å²) in [6.07, 6.45) is 8.86. The van der Waals surface area contributed by atoms with Crippen LogP contribution < -0.4 is 0 Å². The predicted octanol–water partition coefficient (Wildman–Crippen LogP) is 2.90. The molecule has 0 N–H and O–H groups in total. The highest BCUT2D eigenvalue weighted by molar-refractivity contribution is 5.14. The molecule has 2 aliphatic carbocycles. The molecule has 9 heavy (non-hydrogen) atoms. The minimum atomic E-state index is 0.137. The molecular weight excluding hydrogens is 108 g/mol. The third kappa shape index (κ3) is 0.910. The van der Waals surface area contributed by atoms with E-state index in [0.29, 0.717) is 0 Å². The lowest BCUT2D eigenvalue weighted by Crippen LogP contribution is -2.04. The van der Waals surface area contributed by atoms with Crippen molar-refractivity contribution in [3.63, 3.8) is 0 Å². The topological polar surface area (TPSA) is 0 Å². The molecule has 0 saturated heterocycles. The largest absolute Gasteiger partial charge is 0.0850 e. The van der Waals surface area contributed by atoms with Crippen LogP contribution in [0.25, 0.3) is 0 Å². The third-order valence-corrected chi connectivity index (χ3v) is 2.54. The summed E-state index contributed by atoms with van der Waals surface area (Å²) in [6, 6.07) is 0. The van der Waals surface area contributed by atoms with Crippen LogP contribution in [0.2, 0.25) is 0 Å². The zero-order valence-corrected chi connectivity index (χ0v) is 5.77. The highest BCUT2D eigenvalue weighted by Gasteiger charge is 2.21. The predicted molar refractivity (Wildman–Crippen MR) is 39.3 cm³/mol. The fourth-order valence-electron chi connectivity index (χ4n) is 1.98. The van der Waals surface area contributed by atoms with Crippen LogP contribution in [0.15, 0.2) is 11.6 Å². The molecule has 0 heteroatoms. The van der Waals surface area contributed by atoms with Gasteiger partial charge in [-0.1, -0.05) is 18.1 Å². The second kappa shape index (κ2) is 2.17. The normalized spacial score (nSPS) is 43.6. The number of fused-ring (bicyclic) bond motifs is 1. The molecule has 0 nitrogen and oxygen atoms in total. The second-order valence-corrected chi connectivity index (χ2v) is 3.16. The number of rotatable bonds is 0. The van der Waals surface area contributed by atoms with Crippen LogP contribution >= 0.6 is 0 Å². The van der Waals surface area contributed by atoms with Gasteiger partial charge in [-0.2, -0.15) is 0 Å². The Morgan fingerprint density at radius 2 is 2.44 bits per heavy atom. The Morgan fingerprint density at radius 3 is 3.33 bits per heavy atom. The lowest BCUT2D eigenvalue weighted by molar-refractivity contribution is 0.456. The smallest absolute Gasteiger partial charge is 0.0310 e. The summed E-state index contributed by atoms with van der Waals surface area (Å²) < 4.78 is 7.55. The fraction of sp³-hybridized carbons (Fsp3) is 0.778. The van der Waals surface area contributed by atoms with Crippen LogP contribution in [0.5, 0.6) is 0 Å². The van der Waals surface area contributed by atoms with Gasteiger partial charge in [-0.25, -0.2) is 0 Å². The van der Waals surface area contributed by atoms with E-state index in [1.807, 2.05) is 0 Å². The average molecular weight is 123 g/mol. The SMILES string of the molecule is [2H][C@@H]1C=C2CCCC[C@@H]2C1. The van der Waals surface area contributed by atoms with Crippen LogP contribution in [-0.4, -0.2) is 0 Å². The standard InChI is InChI=1S/C9H14/c1-2-5-9-7-3-6-8(9)4-1/h6,9H,1-5,7H2/t9-/m1/s1/i3D/t3-,9-. The zero-order chi connectivity index (χ0) is 6.97. The first-order chi connectivity index (χ1) is 4.86. The monoisotopic (exact) mass is 123 g/mol. The lowest BCUT2D eigenvalue weighted by Gasteiger charge is -2.19. The summed E-state index contributed by atoms with van der Waals surface area (Å²) in [5.74, 6) is 0.816. The Kier molecular flexibility index (Phi) is 1.09. The van der Waals surface area contributed by atoms with Gasteiger partial charge in [-0.05, 0) is 38.0 Å². The molecule has 0 radical (unpaired) electrons. The maximum atomic E-state index is 7.55. The van der Waals surface area contributed by atoms with E-state index in [1.54, 1.807) is 5.57 Å². The Labute approximate surface area is 58.4 Å². The van der Waals surface area contributed by atoms with Crippen LogP contribution in [-0.2, 0) is 0 Å². The van der Waals surface area contributed by atoms with Crippen molar-refractivity contribution in [3.05, 3.63) is 11.6 Å². The van der Waals surface area contributed by atoms with E-state index in [1.165, 1.54) is 25.7 Å². The maximum absolute atomic E-state index is 7.55. The van der Waals surface area contributed by atoms with Gasteiger partial charge in [0.25, 0.3) is 0 Å². The van der Waals surface area contributed by atoms with Gasteiger partial charge in [-0.15, -0.1) is 0 Å². The molecule has 0 aromatic rings. The molecule has 0 aromatic carbocycles. The van der Waals surface area contributed by atoms with E-state index in [2.05, 4.69) is 6.08 Å². The van der Waals surface area contributed by atoms with E-state index in [-0.39, 0.29) is 6.40 Å². The van der Waals surface area contributed by atoms with Crippen LogP contribution in [0.1, 0.15) is 39.9 Å². The first-order valence-corrected chi connectivity index (χ1v) is 3.99. The molecule has 2 atom stereocenters. The van der Waals surface area contributed by atoms with Crippen LogP contribution in [0.4, 0.5) is 0 Å². The molecule has 0 heterocycles. The van der Waals surface area contributed by atoms with Gasteiger partial charge in [0.15, 0.2) is 0 Å². The van der Waals surface area contributed by atoms with E-state index in [4.69, 9.17) is 1.37 Å². The molecule has 0 amide bonds. The molecule has 50 valence electrons. The summed E-state index contributed by atoms with van der Waals surface area (Å²) in [5.41, 5.74) is 1.60. The average Bonchev–Trinajstić information content (AvgIpc) is 2.27. The van der Waals surface area contributed by atoms with Crippen molar-refractivity contribution in [2.45, 2.75) is 38.5 Å². The van der Waals surface area contributed by atoms with Gasteiger partial charge < -0.3 is 0 Å². The summed E-state index contributed by atoms with van der Waals surface area (Å²) >= 11 is 0. The summed E-state index contributed by atoms with van der Waals surface area (Å²) in [6.45, 7) is 0. The van der Waals surface area contributed by atoms with Crippen molar-refractivity contribution in [2.24, 2.45) is 5.92 Å². The third-order valence-electron chi connectivity index (χ3n) is 2.54. The quantitative estimate of drug-likeness (QED) is 0.434. The van der Waals surface area contributed by atoms with Crippen molar-refractivity contribution in [3.8, 4) is 0 Å². The van der Waals surface area contributed by atoms with Gasteiger partial charge in [0.2, 0.25) is 0 Å². The Bertz CT molecular complexity index is 160. The molecule has 2 rings (SSSR count). The molecule has 0 spiro atoms. The fourth-order valence-corrected chi connectivity index (χ4v) is 1.98. The Hall–Kier alpha value is -0.260. The molecule has 0 bridgehead atoms. The number of allylic oxidation sites excluding steroid dienone is 2. The molecule has 0 unspecified atom stereocenters. The maximum Gasteiger partial charge on any atom is 0.0310 e. The summed E-state index contributed by atoms with van der Waals surface area (Å²) in [4.78, 5) is 0. The van der Waals surface area contributed by atoms with E-state index in [0.717, 1.165) is 12.3 Å². The van der Waals surface area contributed by atoms with Gasteiger partial charge in [0.1, 0.15) is 0 Å². The van der Waals surface area contributed by atoms with Crippen molar-refractivity contribution in [1.82, 2.24) is 0 Å². The zero-order valence-electron chi connectivity index (χ0n) is 6.77. The van der Waals surface area contributed by atoms with Gasteiger partial charge in [0.05, 0.1) is 0 Å². The lowest BCUT2D eigenvalue weighted by atomic mass is 9.86. The van der Waals surface area contributed by atoms with Crippen molar-refractivity contribution < 1.29 is 1.37 Å². The Balaban J connectivity index is 2.10. The molecule has 2 aliphatic rings. The van der Waals surface area contributed by atoms with Gasteiger partial charge in [0, 0.05) is 1.37 Å². The number of hydrogen-bond acceptors (Lipinski definition) is 0. The molecule has 1 saturated carbocycles. The highest BCUT2D eigenvalue weighted by atomic mass is 14.3. The number of hydrogen-bond donors (Lipinski definition) is 0. The van der Waals surface area contributed by atoms with Gasteiger partial charge in [-0.3, -0.25) is 0 Å². The first-order valence-electron chi connectivity index (χ1n) is 4.57. The minimum Gasteiger partial charge on any atom is -0.0850 e. The van der Waals surface area contributed by atoms with Gasteiger partial charge >= 0.3 is 0 Å².